The lowest BCUT2D eigenvalue weighted by molar-refractivity contribution is -0.152. The van der Waals surface area contributed by atoms with Crippen LogP contribution in [0.1, 0.15) is 12.0 Å². The van der Waals surface area contributed by atoms with E-state index in [1.165, 1.54) is 13.2 Å². The second-order valence-corrected chi connectivity index (χ2v) is 4.05. The van der Waals surface area contributed by atoms with Gasteiger partial charge in [-0.2, -0.15) is 0 Å². The number of nitrogens with zero attached hydrogens (tertiary/aromatic N) is 1. The molecule has 1 aromatic carbocycles. The number of hydrogen-bond donors (Lipinski definition) is 0. The molecule has 1 atom stereocenters. The maximum atomic E-state index is 13.0. The van der Waals surface area contributed by atoms with E-state index < -0.39 is 11.6 Å². The zero-order chi connectivity index (χ0) is 12.4. The predicted octanol–water partition coefficient (Wildman–Crippen LogP) is 1.71. The molecule has 0 aromatic heterocycles. The molecule has 1 saturated heterocycles. The van der Waals surface area contributed by atoms with Crippen molar-refractivity contribution in [1.82, 2.24) is 4.90 Å². The number of rotatable bonds is 3. The molecule has 0 aliphatic carbocycles. The summed E-state index contributed by atoms with van der Waals surface area (Å²) < 4.78 is 30.4. The molecule has 0 bridgehead atoms. The lowest BCUT2D eigenvalue weighted by atomic mass is 10.0. The van der Waals surface area contributed by atoms with Gasteiger partial charge in [0, 0.05) is 13.1 Å². The van der Waals surface area contributed by atoms with Crippen LogP contribution in [0.5, 0.6) is 0 Å². The quantitative estimate of drug-likeness (QED) is 0.754. The van der Waals surface area contributed by atoms with E-state index in [9.17, 15) is 13.6 Å². The Morgan fingerprint density at radius 3 is 2.76 bits per heavy atom. The molecule has 1 fully saturated rings. The van der Waals surface area contributed by atoms with Gasteiger partial charge in [-0.15, -0.1) is 0 Å². The van der Waals surface area contributed by atoms with Gasteiger partial charge in [0.1, 0.15) is 6.04 Å². The van der Waals surface area contributed by atoms with Crippen LogP contribution in [0.4, 0.5) is 8.78 Å². The minimum atomic E-state index is -0.863. The first-order chi connectivity index (χ1) is 8.11. The van der Waals surface area contributed by atoms with E-state index in [0.29, 0.717) is 12.1 Å². The van der Waals surface area contributed by atoms with Gasteiger partial charge in [-0.1, -0.05) is 6.07 Å². The van der Waals surface area contributed by atoms with E-state index in [0.717, 1.165) is 25.1 Å². The molecule has 0 saturated carbocycles. The van der Waals surface area contributed by atoms with Crippen LogP contribution in [0.2, 0.25) is 0 Å². The van der Waals surface area contributed by atoms with E-state index in [1.807, 2.05) is 4.90 Å². The van der Waals surface area contributed by atoms with Crippen LogP contribution in [0, 0.1) is 11.6 Å². The maximum Gasteiger partial charge on any atom is 0.323 e. The van der Waals surface area contributed by atoms with E-state index in [4.69, 9.17) is 0 Å². The van der Waals surface area contributed by atoms with E-state index in [2.05, 4.69) is 4.74 Å². The second-order valence-electron chi connectivity index (χ2n) is 4.05. The average molecular weight is 241 g/mol. The third-order valence-corrected chi connectivity index (χ3v) is 2.97. The van der Waals surface area contributed by atoms with Crippen molar-refractivity contribution in [3.8, 4) is 0 Å². The minimum absolute atomic E-state index is 0.256. The number of benzene rings is 1. The van der Waals surface area contributed by atoms with Gasteiger partial charge in [-0.3, -0.25) is 9.69 Å². The molecule has 1 aromatic rings. The fourth-order valence-corrected chi connectivity index (χ4v) is 1.91. The lowest BCUT2D eigenvalue weighted by Gasteiger charge is -2.38. The molecule has 0 spiro atoms. The monoisotopic (exact) mass is 241 g/mol. The fourth-order valence-electron chi connectivity index (χ4n) is 1.91. The predicted molar refractivity (Wildman–Crippen MR) is 57.2 cm³/mol. The van der Waals surface area contributed by atoms with Crippen LogP contribution in [0.15, 0.2) is 18.2 Å². The second kappa shape index (κ2) is 4.79. The number of hydrogen-bond acceptors (Lipinski definition) is 3. The van der Waals surface area contributed by atoms with Crippen LogP contribution in [0.3, 0.4) is 0 Å². The number of carbonyl (C=O) groups is 1. The zero-order valence-corrected chi connectivity index (χ0v) is 9.45. The summed E-state index contributed by atoms with van der Waals surface area (Å²) in [5, 5.41) is 0. The third-order valence-electron chi connectivity index (χ3n) is 2.97. The SMILES string of the molecule is COC(=O)C1CCN1Cc1ccc(F)c(F)c1. The van der Waals surface area contributed by atoms with Gasteiger partial charge in [0.2, 0.25) is 0 Å². The highest BCUT2D eigenvalue weighted by Gasteiger charge is 2.34. The minimum Gasteiger partial charge on any atom is -0.468 e. The Morgan fingerprint density at radius 1 is 1.47 bits per heavy atom. The smallest absolute Gasteiger partial charge is 0.323 e. The van der Waals surface area contributed by atoms with Crippen molar-refractivity contribution in [2.45, 2.75) is 19.0 Å². The average Bonchev–Trinajstić information content (AvgIpc) is 2.29. The van der Waals surface area contributed by atoms with E-state index in [-0.39, 0.29) is 12.0 Å². The Labute approximate surface area is 98.0 Å². The lowest BCUT2D eigenvalue weighted by Crippen LogP contribution is -2.52. The molecule has 1 aliphatic heterocycles. The standard InChI is InChI=1S/C12H13F2NO2/c1-17-12(16)11-4-5-15(11)7-8-2-3-9(13)10(14)6-8/h2-3,6,11H,4-5,7H2,1H3. The number of likely N-dealkylation sites (tertiary alicyclic amines) is 1. The molecule has 17 heavy (non-hydrogen) atoms. The topological polar surface area (TPSA) is 29.5 Å². The summed E-state index contributed by atoms with van der Waals surface area (Å²) in [5.41, 5.74) is 0.650. The Kier molecular flexibility index (Phi) is 3.38. The van der Waals surface area contributed by atoms with Crippen molar-refractivity contribution in [3.05, 3.63) is 35.4 Å². The first-order valence-corrected chi connectivity index (χ1v) is 5.37. The number of carbonyl (C=O) groups excluding carboxylic acids is 1. The molecule has 1 unspecified atom stereocenters. The summed E-state index contributed by atoms with van der Waals surface area (Å²) in [6, 6.07) is 3.51. The largest absolute Gasteiger partial charge is 0.468 e. The molecule has 0 radical (unpaired) electrons. The molecule has 3 nitrogen and oxygen atoms in total. The molecule has 1 heterocycles. The fraction of sp³-hybridized carbons (Fsp3) is 0.417. The maximum absolute atomic E-state index is 13.0. The van der Waals surface area contributed by atoms with Crippen molar-refractivity contribution in [2.75, 3.05) is 13.7 Å². The summed E-state index contributed by atoms with van der Waals surface area (Å²) in [4.78, 5) is 13.2. The van der Waals surface area contributed by atoms with Gasteiger partial charge in [-0.25, -0.2) is 8.78 Å². The number of halogens is 2. The Morgan fingerprint density at radius 2 is 2.24 bits per heavy atom. The highest BCUT2D eigenvalue weighted by molar-refractivity contribution is 5.76. The van der Waals surface area contributed by atoms with Crippen LogP contribution < -0.4 is 0 Å². The van der Waals surface area contributed by atoms with E-state index in [1.54, 1.807) is 0 Å². The van der Waals surface area contributed by atoms with Crippen molar-refractivity contribution >= 4 is 5.97 Å². The highest BCUT2D eigenvalue weighted by atomic mass is 19.2. The summed E-state index contributed by atoms with van der Waals surface area (Å²) >= 11 is 0. The molecule has 0 amide bonds. The molecular weight excluding hydrogens is 228 g/mol. The van der Waals surface area contributed by atoms with Gasteiger partial charge in [0.15, 0.2) is 11.6 Å². The van der Waals surface area contributed by atoms with Crippen molar-refractivity contribution in [2.24, 2.45) is 0 Å². The first kappa shape index (κ1) is 12.0. The van der Waals surface area contributed by atoms with Crippen LogP contribution in [-0.4, -0.2) is 30.6 Å². The Bertz CT molecular complexity index is 437. The molecule has 5 heteroatoms. The molecule has 0 N–H and O–H groups in total. The first-order valence-electron chi connectivity index (χ1n) is 5.37. The van der Waals surface area contributed by atoms with Crippen LogP contribution >= 0.6 is 0 Å². The summed E-state index contributed by atoms with van der Waals surface area (Å²) in [5.74, 6) is -2.00. The third kappa shape index (κ3) is 2.44. The molecule has 1 aliphatic rings. The van der Waals surface area contributed by atoms with Gasteiger partial charge >= 0.3 is 5.97 Å². The highest BCUT2D eigenvalue weighted by Crippen LogP contribution is 2.22. The van der Waals surface area contributed by atoms with Gasteiger partial charge < -0.3 is 4.74 Å². The number of ether oxygens (including phenoxy) is 1. The van der Waals surface area contributed by atoms with Crippen molar-refractivity contribution < 1.29 is 18.3 Å². The number of esters is 1. The van der Waals surface area contributed by atoms with Gasteiger partial charge in [0.05, 0.1) is 7.11 Å². The van der Waals surface area contributed by atoms with Crippen LogP contribution in [0.25, 0.3) is 0 Å². The number of methoxy groups -OCH3 is 1. The van der Waals surface area contributed by atoms with Crippen molar-refractivity contribution in [3.63, 3.8) is 0 Å². The Balaban J connectivity index is 2.01. The summed E-state index contributed by atoms with van der Waals surface area (Å²) in [7, 11) is 1.34. The zero-order valence-electron chi connectivity index (χ0n) is 9.45. The summed E-state index contributed by atoms with van der Waals surface area (Å²) in [6.07, 6.45) is 0.746. The van der Waals surface area contributed by atoms with Crippen LogP contribution in [-0.2, 0) is 16.1 Å². The Hall–Kier alpha value is -1.49. The van der Waals surface area contributed by atoms with Gasteiger partial charge in [0.25, 0.3) is 0 Å². The summed E-state index contributed by atoms with van der Waals surface area (Å²) in [6.45, 7) is 1.19. The van der Waals surface area contributed by atoms with Gasteiger partial charge in [-0.05, 0) is 24.1 Å². The molecule has 2 rings (SSSR count). The van der Waals surface area contributed by atoms with Crippen molar-refractivity contribution in [1.29, 1.82) is 0 Å². The normalized spacial score (nSPS) is 19.8. The van der Waals surface area contributed by atoms with E-state index >= 15 is 0 Å². The molecule has 92 valence electrons. The molecular formula is C12H13F2NO2.